The fourth-order valence-corrected chi connectivity index (χ4v) is 9.05. The highest BCUT2D eigenvalue weighted by Gasteiger charge is 2.37. The summed E-state index contributed by atoms with van der Waals surface area (Å²) >= 11 is 0. The van der Waals surface area contributed by atoms with Gasteiger partial charge in [-0.3, -0.25) is 0 Å². The molecule has 0 saturated carbocycles. The quantitative estimate of drug-likeness (QED) is 0.148. The zero-order chi connectivity index (χ0) is 48.6. The van der Waals surface area contributed by atoms with E-state index in [2.05, 4.69) is 68.4 Å². The average molecular weight is 800 g/mol. The highest BCUT2D eigenvalue weighted by Crippen LogP contribution is 2.52. The maximum Gasteiger partial charge on any atom is 0.0645 e. The second kappa shape index (κ2) is 15.4. The smallest absolute Gasteiger partial charge is 0.0645 e. The van der Waals surface area contributed by atoms with Gasteiger partial charge >= 0.3 is 0 Å². The number of hydrogen-bond acceptors (Lipinski definition) is 1. The molecule has 0 amide bonds. The van der Waals surface area contributed by atoms with Gasteiger partial charge in [-0.15, -0.1) is 0 Å². The summed E-state index contributed by atoms with van der Waals surface area (Å²) in [6.07, 6.45) is 0. The van der Waals surface area contributed by atoms with Crippen molar-refractivity contribution in [1.82, 2.24) is 0 Å². The molecular weight excluding hydrogens is 747 g/mol. The minimum absolute atomic E-state index is 0.108. The number of fused-ring (bicyclic) bond motifs is 4. The summed E-state index contributed by atoms with van der Waals surface area (Å²) in [6.45, 7) is 4.22. The predicted molar refractivity (Wildman–Crippen MR) is 263 cm³/mol. The lowest BCUT2D eigenvalue weighted by Crippen LogP contribution is -2.16. The summed E-state index contributed by atoms with van der Waals surface area (Å²) in [5.41, 5.74) is 10.7. The van der Waals surface area contributed by atoms with Crippen LogP contribution in [0.1, 0.15) is 35.9 Å². The Labute approximate surface area is 376 Å². The topological polar surface area (TPSA) is 3.24 Å². The summed E-state index contributed by atoms with van der Waals surface area (Å²) in [6, 6.07) is 58.6. The standard InChI is InChI=1S/C61H45N/c1-61(2)59-21-9-8-18-57(59)58-20-11-19-56(60(58)61)48-32-38-55(39-33-48)62(53-34-28-46(29-35-53)45-24-22-44(23-25-45)42-12-4-3-5-13-42)54-36-30-47(31-37-54)50-16-10-17-51(40-50)52-27-26-43-14-6-7-15-49(43)41-52/h3-41H,1-2H3/i28D,29D,32D,33D,34D,35D,38D,39D. The molecule has 0 aliphatic heterocycles. The molecule has 0 fully saturated rings. The van der Waals surface area contributed by atoms with Gasteiger partial charge in [0.2, 0.25) is 0 Å². The summed E-state index contributed by atoms with van der Waals surface area (Å²) in [5, 5.41) is 2.30. The largest absolute Gasteiger partial charge is 0.311 e. The van der Waals surface area contributed by atoms with Crippen LogP contribution in [0.2, 0.25) is 0 Å². The fraction of sp³-hybridized carbons (Fsp3) is 0.0492. The van der Waals surface area contributed by atoms with Gasteiger partial charge < -0.3 is 4.90 Å². The van der Waals surface area contributed by atoms with Crippen LogP contribution in [0.5, 0.6) is 0 Å². The number of nitrogens with zero attached hydrogens (tertiary/aromatic N) is 1. The van der Waals surface area contributed by atoms with Crippen molar-refractivity contribution in [1.29, 1.82) is 0 Å². The van der Waals surface area contributed by atoms with Gasteiger partial charge in [0.05, 0.1) is 11.0 Å². The summed E-state index contributed by atoms with van der Waals surface area (Å²) < 4.78 is 77.1. The summed E-state index contributed by atoms with van der Waals surface area (Å²) in [5.74, 6) is 0. The first-order valence-electron chi connectivity index (χ1n) is 24.9. The van der Waals surface area contributed by atoms with Crippen LogP contribution in [0.15, 0.2) is 236 Å². The number of rotatable bonds is 8. The Balaban J connectivity index is 1.07. The molecule has 10 aromatic rings. The zero-order valence-electron chi connectivity index (χ0n) is 42.3. The molecule has 0 N–H and O–H groups in total. The molecule has 1 aliphatic rings. The molecule has 1 aliphatic carbocycles. The van der Waals surface area contributed by atoms with Gasteiger partial charge in [-0.05, 0) is 137 Å². The third-order valence-electron chi connectivity index (χ3n) is 12.2. The van der Waals surface area contributed by atoms with E-state index in [-0.39, 0.29) is 58.8 Å². The van der Waals surface area contributed by atoms with Gasteiger partial charge in [-0.1, -0.05) is 202 Å². The summed E-state index contributed by atoms with van der Waals surface area (Å²) in [4.78, 5) is 1.37. The molecule has 0 spiro atoms. The molecule has 0 aromatic heterocycles. The van der Waals surface area contributed by atoms with Crippen LogP contribution >= 0.6 is 0 Å². The number of hydrogen-bond donors (Lipinski definition) is 0. The maximum atomic E-state index is 9.78. The van der Waals surface area contributed by atoms with E-state index in [1.54, 1.807) is 24.3 Å². The molecule has 0 atom stereocenters. The normalized spacial score (nSPS) is 14.3. The fourth-order valence-electron chi connectivity index (χ4n) is 9.05. The molecule has 11 rings (SSSR count). The second-order valence-corrected chi connectivity index (χ2v) is 16.3. The van der Waals surface area contributed by atoms with Crippen LogP contribution in [0.3, 0.4) is 0 Å². The van der Waals surface area contributed by atoms with Crippen LogP contribution < -0.4 is 4.90 Å². The highest BCUT2D eigenvalue weighted by atomic mass is 15.1. The Morgan fingerprint density at radius 3 is 1.52 bits per heavy atom. The van der Waals surface area contributed by atoms with Crippen molar-refractivity contribution in [2.45, 2.75) is 19.3 Å². The lowest BCUT2D eigenvalue weighted by molar-refractivity contribution is 0.662. The Morgan fingerprint density at radius 1 is 0.323 bits per heavy atom. The SMILES string of the molecule is [2H]c1c([2H])c(N(c2ccc(-c3cccc(-c4ccc5ccccc5c4)c3)cc2)c2c([2H])c([2H])c(-c3cccc4c3C(C)(C)c3ccccc3-4)c([2H])c2[2H])c([2H])c([2H])c1-c1ccc(-c2ccccc2)cc1. The molecule has 0 saturated heterocycles. The Hall–Kier alpha value is -7.74. The zero-order valence-corrected chi connectivity index (χ0v) is 34.3. The summed E-state index contributed by atoms with van der Waals surface area (Å²) in [7, 11) is 0. The van der Waals surface area contributed by atoms with E-state index < -0.39 is 17.5 Å². The minimum atomic E-state index is -0.508. The van der Waals surface area contributed by atoms with Gasteiger partial charge in [-0.2, -0.15) is 0 Å². The molecule has 1 nitrogen and oxygen atoms in total. The van der Waals surface area contributed by atoms with E-state index in [0.717, 1.165) is 66.4 Å². The molecule has 1 heteroatoms. The average Bonchev–Trinajstić information content (AvgIpc) is 3.63. The van der Waals surface area contributed by atoms with E-state index in [1.807, 2.05) is 109 Å². The van der Waals surface area contributed by atoms with Crippen LogP contribution in [0.25, 0.3) is 77.5 Å². The van der Waals surface area contributed by atoms with Gasteiger partial charge in [0.15, 0.2) is 0 Å². The molecule has 62 heavy (non-hydrogen) atoms. The van der Waals surface area contributed by atoms with Crippen LogP contribution in [-0.2, 0) is 5.41 Å². The van der Waals surface area contributed by atoms with Crippen LogP contribution in [-0.4, -0.2) is 0 Å². The van der Waals surface area contributed by atoms with Crippen molar-refractivity contribution in [3.05, 3.63) is 248 Å². The molecule has 0 radical (unpaired) electrons. The van der Waals surface area contributed by atoms with Crippen molar-refractivity contribution in [3.8, 4) is 66.8 Å². The molecule has 0 heterocycles. The number of benzene rings is 10. The van der Waals surface area contributed by atoms with Crippen molar-refractivity contribution in [2.75, 3.05) is 4.90 Å². The highest BCUT2D eigenvalue weighted by molar-refractivity contribution is 5.90. The molecule has 0 bridgehead atoms. The molecule has 0 unspecified atom stereocenters. The van der Waals surface area contributed by atoms with E-state index in [0.29, 0.717) is 16.8 Å². The molecule has 10 aromatic carbocycles. The first-order chi connectivity index (χ1) is 33.8. The van der Waals surface area contributed by atoms with Crippen molar-refractivity contribution in [2.24, 2.45) is 0 Å². The van der Waals surface area contributed by atoms with Crippen LogP contribution in [0.4, 0.5) is 17.1 Å². The van der Waals surface area contributed by atoms with E-state index in [9.17, 15) is 11.0 Å². The Kier molecular flexibility index (Phi) is 7.31. The molecular formula is C61H45N. The predicted octanol–water partition coefficient (Wildman–Crippen LogP) is 17.0. The van der Waals surface area contributed by atoms with Crippen molar-refractivity contribution >= 4 is 27.8 Å². The van der Waals surface area contributed by atoms with Gasteiger partial charge in [0.1, 0.15) is 0 Å². The lowest BCUT2D eigenvalue weighted by atomic mass is 9.79. The third kappa shape index (κ3) is 6.69. The second-order valence-electron chi connectivity index (χ2n) is 16.3. The van der Waals surface area contributed by atoms with Crippen LogP contribution in [0, 0.1) is 0 Å². The number of anilines is 3. The first kappa shape index (κ1) is 29.5. The Morgan fingerprint density at radius 2 is 0.790 bits per heavy atom. The minimum Gasteiger partial charge on any atom is -0.311 e. The maximum absolute atomic E-state index is 9.78. The van der Waals surface area contributed by atoms with Crippen molar-refractivity contribution < 1.29 is 11.0 Å². The Bertz CT molecular complexity index is 3660. The van der Waals surface area contributed by atoms with E-state index in [4.69, 9.17) is 0 Å². The van der Waals surface area contributed by atoms with Gasteiger partial charge in [-0.25, -0.2) is 0 Å². The van der Waals surface area contributed by atoms with Crippen molar-refractivity contribution in [3.63, 3.8) is 0 Å². The first-order valence-corrected chi connectivity index (χ1v) is 20.9. The third-order valence-corrected chi connectivity index (χ3v) is 12.2. The lowest BCUT2D eigenvalue weighted by Gasteiger charge is -2.27. The van der Waals surface area contributed by atoms with E-state index in [1.165, 1.54) is 4.90 Å². The monoisotopic (exact) mass is 799 g/mol. The van der Waals surface area contributed by atoms with E-state index >= 15 is 0 Å². The van der Waals surface area contributed by atoms with Gasteiger partial charge in [0, 0.05) is 22.5 Å². The van der Waals surface area contributed by atoms with Gasteiger partial charge in [0.25, 0.3) is 0 Å². The molecule has 294 valence electrons.